The number of thiazole rings is 1. The van der Waals surface area contributed by atoms with Crippen molar-refractivity contribution in [3.8, 4) is 11.6 Å². The minimum absolute atomic E-state index is 0.00000627. The van der Waals surface area contributed by atoms with Crippen LogP contribution in [-0.4, -0.2) is 58.1 Å². The van der Waals surface area contributed by atoms with E-state index in [0.717, 1.165) is 23.1 Å². The van der Waals surface area contributed by atoms with Gasteiger partial charge in [-0.05, 0) is 12.0 Å². The maximum absolute atomic E-state index is 13.6. The summed E-state index contributed by atoms with van der Waals surface area (Å²) in [7, 11) is 0. The summed E-state index contributed by atoms with van der Waals surface area (Å²) in [5, 5.41) is 10.2. The lowest BCUT2D eigenvalue weighted by Gasteiger charge is -2.27. The van der Waals surface area contributed by atoms with Gasteiger partial charge in [0.15, 0.2) is 17.6 Å². The molecule has 204 valence electrons. The van der Waals surface area contributed by atoms with Crippen LogP contribution in [0.3, 0.4) is 0 Å². The number of aliphatic imine (C=N–C) groups is 1. The molecule has 7 rings (SSSR count). The number of fused-ring (bicyclic) bond motifs is 2. The standard InChI is InChI=1S/C27H21F3N6O3S/c28-27(29,30)25-32-21(24(40-25)36-10-11-38-19-13-17(19)36)23-34-35-26(39-23)33-22-18(37)12-15-8-4-5-9-16(15)20(31-22)14-6-2-1-3-7-14/h1-9,17,19,22H,10-13H2,(H,33,35)/t17-,19+,22-/m1/s1. The number of benzene rings is 2. The summed E-state index contributed by atoms with van der Waals surface area (Å²) >= 11 is 0.547. The molecule has 0 bridgehead atoms. The largest absolute Gasteiger partial charge is 0.443 e. The van der Waals surface area contributed by atoms with Gasteiger partial charge in [-0.25, -0.2) is 4.98 Å². The van der Waals surface area contributed by atoms with Gasteiger partial charge < -0.3 is 19.4 Å². The number of rotatable bonds is 5. The minimum Gasteiger partial charge on any atom is -0.402 e. The second-order valence-electron chi connectivity index (χ2n) is 9.68. The van der Waals surface area contributed by atoms with Gasteiger partial charge in [0.1, 0.15) is 5.00 Å². The zero-order valence-corrected chi connectivity index (χ0v) is 21.6. The Labute approximate surface area is 229 Å². The summed E-state index contributed by atoms with van der Waals surface area (Å²) in [6.07, 6.45) is -4.82. The summed E-state index contributed by atoms with van der Waals surface area (Å²) in [5.74, 6) is -0.399. The Morgan fingerprint density at radius 3 is 2.67 bits per heavy atom. The van der Waals surface area contributed by atoms with Crippen molar-refractivity contribution in [2.24, 2.45) is 4.99 Å². The molecular formula is C27H21F3N6O3S. The van der Waals surface area contributed by atoms with Crippen LogP contribution in [0.5, 0.6) is 0 Å². The van der Waals surface area contributed by atoms with Crippen molar-refractivity contribution in [3.05, 3.63) is 76.3 Å². The molecule has 0 unspecified atom stereocenters. The maximum atomic E-state index is 13.6. The van der Waals surface area contributed by atoms with Gasteiger partial charge in [0.25, 0.3) is 5.89 Å². The number of ketones is 1. The van der Waals surface area contributed by atoms with E-state index in [1.165, 1.54) is 0 Å². The molecule has 1 saturated carbocycles. The number of nitrogens with one attached hydrogen (secondary N) is 1. The molecule has 2 aliphatic heterocycles. The molecule has 2 aromatic heterocycles. The maximum Gasteiger partial charge on any atom is 0.443 e. The van der Waals surface area contributed by atoms with E-state index in [1.54, 1.807) is 0 Å². The van der Waals surface area contributed by atoms with E-state index >= 15 is 0 Å². The Hall–Kier alpha value is -4.10. The van der Waals surface area contributed by atoms with Crippen LogP contribution in [0.1, 0.15) is 28.1 Å². The van der Waals surface area contributed by atoms with E-state index in [-0.39, 0.29) is 41.9 Å². The van der Waals surface area contributed by atoms with Gasteiger partial charge in [-0.15, -0.1) is 5.10 Å². The molecule has 0 radical (unpaired) electrons. The summed E-state index contributed by atoms with van der Waals surface area (Å²) < 4.78 is 52.3. The second kappa shape index (κ2) is 9.52. The number of Topliss-reactive ketones (excluding diaryl/α,β-unsaturated/α-hetero) is 1. The third-order valence-electron chi connectivity index (χ3n) is 7.01. The minimum atomic E-state index is -4.63. The van der Waals surface area contributed by atoms with Crippen LogP contribution in [0.15, 0.2) is 64.0 Å². The van der Waals surface area contributed by atoms with Gasteiger partial charge in [-0.1, -0.05) is 71.0 Å². The normalized spacial score (nSPS) is 22.3. The average molecular weight is 567 g/mol. The zero-order valence-electron chi connectivity index (χ0n) is 20.8. The van der Waals surface area contributed by atoms with Crippen LogP contribution in [-0.2, 0) is 22.1 Å². The quantitative estimate of drug-likeness (QED) is 0.374. The molecular weight excluding hydrogens is 545 g/mol. The number of nitrogens with zero attached hydrogens (tertiary/aromatic N) is 5. The first-order valence-electron chi connectivity index (χ1n) is 12.7. The highest BCUT2D eigenvalue weighted by molar-refractivity contribution is 7.16. The van der Waals surface area contributed by atoms with Crippen LogP contribution in [0.2, 0.25) is 0 Å². The van der Waals surface area contributed by atoms with Crippen LogP contribution in [0, 0.1) is 0 Å². The number of aromatic nitrogens is 3. The molecule has 13 heteroatoms. The number of carbonyl (C=O) groups is 1. The predicted octanol–water partition coefficient (Wildman–Crippen LogP) is 4.59. The van der Waals surface area contributed by atoms with Crippen molar-refractivity contribution in [3.63, 3.8) is 0 Å². The van der Waals surface area contributed by atoms with Crippen molar-refractivity contribution in [2.45, 2.75) is 37.3 Å². The Bertz CT molecular complexity index is 1620. The molecule has 2 aromatic carbocycles. The van der Waals surface area contributed by atoms with Gasteiger partial charge >= 0.3 is 12.2 Å². The first kappa shape index (κ1) is 24.9. The topological polar surface area (TPSA) is 106 Å². The van der Waals surface area contributed by atoms with E-state index in [0.29, 0.717) is 35.2 Å². The van der Waals surface area contributed by atoms with Crippen molar-refractivity contribution in [1.82, 2.24) is 15.2 Å². The van der Waals surface area contributed by atoms with Gasteiger partial charge in [-0.2, -0.15) is 13.2 Å². The molecule has 3 aliphatic rings. The van der Waals surface area contributed by atoms with Crippen molar-refractivity contribution < 1.29 is 27.1 Å². The lowest BCUT2D eigenvalue weighted by atomic mass is 9.96. The number of alkyl halides is 3. The molecule has 0 spiro atoms. The van der Waals surface area contributed by atoms with Gasteiger partial charge in [0, 0.05) is 24.1 Å². The van der Waals surface area contributed by atoms with Crippen LogP contribution >= 0.6 is 11.3 Å². The molecule has 9 nitrogen and oxygen atoms in total. The van der Waals surface area contributed by atoms with Gasteiger partial charge in [0.2, 0.25) is 5.01 Å². The van der Waals surface area contributed by atoms with Crippen molar-refractivity contribution in [1.29, 1.82) is 0 Å². The second-order valence-corrected chi connectivity index (χ2v) is 10.7. The average Bonchev–Trinajstić information content (AvgIpc) is 3.42. The summed E-state index contributed by atoms with van der Waals surface area (Å²) in [6.45, 7) is 0.839. The molecule has 1 aliphatic carbocycles. The Morgan fingerprint density at radius 1 is 1.05 bits per heavy atom. The van der Waals surface area contributed by atoms with Gasteiger partial charge in [-0.3, -0.25) is 9.79 Å². The fourth-order valence-corrected chi connectivity index (χ4v) is 6.06. The van der Waals surface area contributed by atoms with Crippen LogP contribution in [0.25, 0.3) is 11.6 Å². The number of ether oxygens (including phenoxy) is 1. The SMILES string of the molecule is O=C1Cc2ccccc2C(c2ccccc2)=N[C@@H]1Nc1nnc(-c2nc(C(F)(F)F)sc2N2CCO[C@H]3C[C@H]32)o1. The Morgan fingerprint density at radius 2 is 1.85 bits per heavy atom. The lowest BCUT2D eigenvalue weighted by Crippen LogP contribution is -2.36. The van der Waals surface area contributed by atoms with Crippen molar-refractivity contribution in [2.75, 3.05) is 23.4 Å². The van der Waals surface area contributed by atoms with Gasteiger partial charge in [0.05, 0.1) is 24.5 Å². The lowest BCUT2D eigenvalue weighted by molar-refractivity contribution is -0.137. The molecule has 2 fully saturated rings. The Balaban J connectivity index is 1.22. The number of carbonyl (C=O) groups excluding carboxylic acids is 1. The van der Waals surface area contributed by atoms with E-state index in [2.05, 4.69) is 20.5 Å². The smallest absolute Gasteiger partial charge is 0.402 e. The number of hydrogen-bond donors (Lipinski definition) is 1. The first-order valence-corrected chi connectivity index (χ1v) is 13.5. The third kappa shape index (κ3) is 4.54. The van der Waals surface area contributed by atoms with E-state index in [9.17, 15) is 18.0 Å². The fourth-order valence-electron chi connectivity index (χ4n) is 5.05. The zero-order chi connectivity index (χ0) is 27.4. The molecule has 4 aromatic rings. The summed E-state index contributed by atoms with van der Waals surface area (Å²) in [6, 6.07) is 16.9. The predicted molar refractivity (Wildman–Crippen MR) is 141 cm³/mol. The van der Waals surface area contributed by atoms with Crippen LogP contribution in [0.4, 0.5) is 24.2 Å². The van der Waals surface area contributed by atoms with E-state index in [1.807, 2.05) is 59.5 Å². The monoisotopic (exact) mass is 566 g/mol. The molecule has 3 atom stereocenters. The van der Waals surface area contributed by atoms with Crippen LogP contribution < -0.4 is 10.2 Å². The first-order chi connectivity index (χ1) is 19.3. The number of anilines is 2. The highest BCUT2D eigenvalue weighted by Crippen LogP contribution is 2.47. The highest BCUT2D eigenvalue weighted by Gasteiger charge is 2.48. The molecule has 40 heavy (non-hydrogen) atoms. The number of morpholine rings is 1. The molecule has 0 amide bonds. The molecule has 1 saturated heterocycles. The summed E-state index contributed by atoms with van der Waals surface area (Å²) in [4.78, 5) is 23.7. The molecule has 4 heterocycles. The fraction of sp³-hybridized carbons (Fsp3) is 0.296. The Kier molecular flexibility index (Phi) is 5.93. The molecule has 1 N–H and O–H groups in total. The number of halogens is 3. The van der Waals surface area contributed by atoms with E-state index < -0.39 is 17.3 Å². The summed E-state index contributed by atoms with van der Waals surface area (Å²) in [5.41, 5.74) is 3.09. The van der Waals surface area contributed by atoms with Crippen molar-refractivity contribution >= 4 is 33.8 Å². The third-order valence-corrected chi connectivity index (χ3v) is 8.15. The highest BCUT2D eigenvalue weighted by atomic mass is 32.1. The van der Waals surface area contributed by atoms with E-state index in [4.69, 9.17) is 14.1 Å². The number of hydrogen-bond acceptors (Lipinski definition) is 10.